The van der Waals surface area contributed by atoms with Gasteiger partial charge in [0.1, 0.15) is 5.82 Å². The van der Waals surface area contributed by atoms with Crippen LogP contribution in [0.3, 0.4) is 0 Å². The molecule has 0 fully saturated rings. The molecule has 9 heteroatoms. The minimum absolute atomic E-state index is 0.172. The van der Waals surface area contributed by atoms with Crippen molar-refractivity contribution >= 4 is 23.5 Å². The quantitative estimate of drug-likeness (QED) is 0.577. The number of carbonyl (C=O) groups is 1. The minimum atomic E-state index is -1.02. The molecule has 0 saturated heterocycles. The first-order valence-electron chi connectivity index (χ1n) is 7.81. The van der Waals surface area contributed by atoms with Gasteiger partial charge in [0, 0.05) is 43.1 Å². The zero-order valence-corrected chi connectivity index (χ0v) is 14.0. The molecule has 7 nitrogen and oxygen atoms in total. The van der Waals surface area contributed by atoms with Gasteiger partial charge in [0.25, 0.3) is 0 Å². The lowest BCUT2D eigenvalue weighted by molar-refractivity contribution is 0.252. The van der Waals surface area contributed by atoms with Crippen molar-refractivity contribution in [3.8, 4) is 0 Å². The Morgan fingerprint density at radius 2 is 1.88 bits per heavy atom. The number of hydrogen-bond donors (Lipinski definition) is 4. The van der Waals surface area contributed by atoms with Crippen LogP contribution in [-0.2, 0) is 0 Å². The van der Waals surface area contributed by atoms with Gasteiger partial charge in [-0.25, -0.2) is 18.6 Å². The summed E-state index contributed by atoms with van der Waals surface area (Å²) in [6.07, 6.45) is 0. The maximum Gasteiger partial charge on any atom is 0.319 e. The predicted molar refractivity (Wildman–Crippen MR) is 92.8 cm³/mol. The van der Waals surface area contributed by atoms with Gasteiger partial charge in [-0.3, -0.25) is 0 Å². The van der Waals surface area contributed by atoms with Crippen LogP contribution in [-0.4, -0.2) is 35.6 Å². The summed E-state index contributed by atoms with van der Waals surface area (Å²) < 4.78 is 25.9. The van der Waals surface area contributed by atoms with E-state index in [2.05, 4.69) is 31.2 Å². The van der Waals surface area contributed by atoms with Gasteiger partial charge < -0.3 is 21.3 Å². The van der Waals surface area contributed by atoms with Crippen LogP contribution in [0.1, 0.15) is 12.6 Å². The molecule has 0 unspecified atom stereocenters. The van der Waals surface area contributed by atoms with Gasteiger partial charge in [-0.2, -0.15) is 4.98 Å². The summed E-state index contributed by atoms with van der Waals surface area (Å²) >= 11 is 0. The number of nitrogens with zero attached hydrogens (tertiary/aromatic N) is 2. The summed E-state index contributed by atoms with van der Waals surface area (Å²) in [4.78, 5) is 20.2. The Balaban J connectivity index is 1.77. The van der Waals surface area contributed by atoms with E-state index in [1.165, 1.54) is 6.07 Å². The Bertz CT molecular complexity index is 741. The molecule has 1 aromatic carbocycles. The van der Waals surface area contributed by atoms with E-state index in [0.717, 1.165) is 17.8 Å². The molecule has 2 amide bonds. The first kappa shape index (κ1) is 18.4. The molecule has 1 aromatic heterocycles. The number of anilines is 3. The van der Waals surface area contributed by atoms with Crippen molar-refractivity contribution in [3.05, 3.63) is 41.6 Å². The number of urea groups is 1. The number of nitrogens with one attached hydrogen (secondary N) is 4. The number of aromatic nitrogens is 2. The molecule has 25 heavy (non-hydrogen) atoms. The second-order valence-corrected chi connectivity index (χ2v) is 5.19. The lowest BCUT2D eigenvalue weighted by Gasteiger charge is -2.10. The van der Waals surface area contributed by atoms with Crippen molar-refractivity contribution in [3.63, 3.8) is 0 Å². The summed E-state index contributed by atoms with van der Waals surface area (Å²) in [6, 6.07) is 4.43. The molecule has 0 spiro atoms. The molecule has 0 aliphatic rings. The molecular formula is C16H20F2N6O. The summed E-state index contributed by atoms with van der Waals surface area (Å²) in [5, 5.41) is 11.1. The number of carbonyl (C=O) groups excluding carboxylic acids is 1. The average Bonchev–Trinajstić information content (AvgIpc) is 2.55. The van der Waals surface area contributed by atoms with Gasteiger partial charge >= 0.3 is 6.03 Å². The highest BCUT2D eigenvalue weighted by Crippen LogP contribution is 2.12. The molecule has 0 radical (unpaired) electrons. The lowest BCUT2D eigenvalue weighted by Crippen LogP contribution is -2.32. The molecule has 0 bridgehead atoms. The maximum atomic E-state index is 13.1. The number of halogens is 2. The normalized spacial score (nSPS) is 10.2. The smallest absolute Gasteiger partial charge is 0.319 e. The standard InChI is InChI=1S/C16H20F2N6O/c1-3-19-15-22-10(2)8-14(24-15)20-6-7-21-16(25)23-11-4-5-12(17)13(18)9-11/h4-5,8-9H,3,6-7H2,1-2H3,(H2,21,23,25)(H2,19,20,22,24). The van der Waals surface area contributed by atoms with Crippen LogP contribution in [0.25, 0.3) is 0 Å². The number of benzene rings is 1. The largest absolute Gasteiger partial charge is 0.368 e. The van der Waals surface area contributed by atoms with E-state index in [9.17, 15) is 13.6 Å². The second kappa shape index (κ2) is 8.76. The first-order valence-corrected chi connectivity index (χ1v) is 7.81. The van der Waals surface area contributed by atoms with Crippen LogP contribution in [0.2, 0.25) is 0 Å². The molecule has 4 N–H and O–H groups in total. The van der Waals surface area contributed by atoms with Gasteiger partial charge in [0.2, 0.25) is 5.95 Å². The van der Waals surface area contributed by atoms with Gasteiger partial charge in [-0.15, -0.1) is 0 Å². The van der Waals surface area contributed by atoms with E-state index in [1.54, 1.807) is 6.07 Å². The van der Waals surface area contributed by atoms with Crippen LogP contribution in [0.4, 0.5) is 31.0 Å². The average molecular weight is 350 g/mol. The Labute approximate surface area is 144 Å². The molecule has 1 heterocycles. The summed E-state index contributed by atoms with van der Waals surface area (Å²) in [5.74, 6) is -0.803. The van der Waals surface area contributed by atoms with Crippen molar-refractivity contribution in [2.24, 2.45) is 0 Å². The predicted octanol–water partition coefficient (Wildman–Crippen LogP) is 2.73. The Hall–Kier alpha value is -2.97. The van der Waals surface area contributed by atoms with Crippen molar-refractivity contribution < 1.29 is 13.6 Å². The highest BCUT2D eigenvalue weighted by Gasteiger charge is 2.06. The molecule has 0 saturated carbocycles. The topological polar surface area (TPSA) is 91.0 Å². The SMILES string of the molecule is CCNc1nc(C)cc(NCCNC(=O)Nc2ccc(F)c(F)c2)n1. The van der Waals surface area contributed by atoms with Gasteiger partial charge in [0.05, 0.1) is 0 Å². The summed E-state index contributed by atoms with van der Waals surface area (Å²) in [7, 11) is 0. The highest BCUT2D eigenvalue weighted by atomic mass is 19.2. The van der Waals surface area contributed by atoms with Gasteiger partial charge in [-0.05, 0) is 26.0 Å². The molecule has 0 atom stereocenters. The molecular weight excluding hydrogens is 330 g/mol. The van der Waals surface area contributed by atoms with Crippen LogP contribution >= 0.6 is 0 Å². The van der Waals surface area contributed by atoms with Crippen LogP contribution < -0.4 is 21.3 Å². The molecule has 2 rings (SSSR count). The minimum Gasteiger partial charge on any atom is -0.368 e. The lowest BCUT2D eigenvalue weighted by atomic mass is 10.3. The number of hydrogen-bond acceptors (Lipinski definition) is 5. The van der Waals surface area contributed by atoms with E-state index < -0.39 is 17.7 Å². The van der Waals surface area contributed by atoms with Gasteiger partial charge in [-0.1, -0.05) is 0 Å². The third-order valence-corrected chi connectivity index (χ3v) is 3.08. The fourth-order valence-electron chi connectivity index (χ4n) is 2.01. The fourth-order valence-corrected chi connectivity index (χ4v) is 2.01. The van der Waals surface area contributed by atoms with E-state index in [1.807, 2.05) is 13.8 Å². The van der Waals surface area contributed by atoms with Crippen LogP contribution in [0.15, 0.2) is 24.3 Å². The summed E-state index contributed by atoms with van der Waals surface area (Å²) in [5.41, 5.74) is 0.989. The number of rotatable bonds is 7. The van der Waals surface area contributed by atoms with E-state index >= 15 is 0 Å². The Morgan fingerprint density at radius 1 is 1.08 bits per heavy atom. The second-order valence-electron chi connectivity index (χ2n) is 5.19. The van der Waals surface area contributed by atoms with Crippen molar-refractivity contribution in [1.29, 1.82) is 0 Å². The maximum absolute atomic E-state index is 13.1. The summed E-state index contributed by atoms with van der Waals surface area (Å²) in [6.45, 7) is 5.28. The fraction of sp³-hybridized carbons (Fsp3) is 0.312. The van der Waals surface area contributed by atoms with Crippen molar-refractivity contribution in [2.45, 2.75) is 13.8 Å². The van der Waals surface area contributed by atoms with Crippen LogP contribution in [0, 0.1) is 18.6 Å². The van der Waals surface area contributed by atoms with E-state index in [-0.39, 0.29) is 5.69 Å². The zero-order valence-electron chi connectivity index (χ0n) is 14.0. The first-order chi connectivity index (χ1) is 12.0. The zero-order chi connectivity index (χ0) is 18.2. The number of amides is 2. The van der Waals surface area contributed by atoms with E-state index in [0.29, 0.717) is 31.4 Å². The molecule has 134 valence electrons. The molecule has 2 aromatic rings. The van der Waals surface area contributed by atoms with Gasteiger partial charge in [0.15, 0.2) is 11.6 Å². The molecule has 0 aliphatic heterocycles. The molecule has 0 aliphatic carbocycles. The Morgan fingerprint density at radius 3 is 2.60 bits per heavy atom. The van der Waals surface area contributed by atoms with Crippen LogP contribution in [0.5, 0.6) is 0 Å². The van der Waals surface area contributed by atoms with Crippen molar-refractivity contribution in [1.82, 2.24) is 15.3 Å². The number of aryl methyl sites for hydroxylation is 1. The van der Waals surface area contributed by atoms with Crippen molar-refractivity contribution in [2.75, 3.05) is 35.6 Å². The highest BCUT2D eigenvalue weighted by molar-refractivity contribution is 5.89. The third kappa shape index (κ3) is 5.87. The Kier molecular flexibility index (Phi) is 6.44. The van der Waals surface area contributed by atoms with E-state index in [4.69, 9.17) is 0 Å². The monoisotopic (exact) mass is 350 g/mol. The third-order valence-electron chi connectivity index (χ3n) is 3.08.